The van der Waals surface area contributed by atoms with Crippen molar-refractivity contribution in [1.82, 2.24) is 15.5 Å². The smallest absolute Gasteiger partial charge is 0.399 e. The molecule has 1 aliphatic heterocycles. The molecule has 2 aliphatic rings. The van der Waals surface area contributed by atoms with E-state index in [4.69, 9.17) is 16.3 Å². The normalized spacial score (nSPS) is 20.7. The highest BCUT2D eigenvalue weighted by Gasteiger charge is 2.38. The predicted molar refractivity (Wildman–Crippen MR) is 117 cm³/mol. The van der Waals surface area contributed by atoms with Crippen LogP contribution in [0.2, 0.25) is 4.34 Å². The molecule has 0 bridgehead atoms. The summed E-state index contributed by atoms with van der Waals surface area (Å²) >= 11 is 7.04. The number of carbonyl (C=O) groups excluding carboxylic acids is 2. The minimum absolute atomic E-state index is 0.312. The molecule has 9 heteroatoms. The van der Waals surface area contributed by atoms with Crippen molar-refractivity contribution in [3.63, 3.8) is 0 Å². The molecular formula is C21H29ClN4O3S. The SMILES string of the molecule is CN1CCC(C#N)(NC(=O)C(CC2CCCCC2)NC(=O)Oc2ccc(Cl)s2)CC1. The van der Waals surface area contributed by atoms with Gasteiger partial charge in [0.1, 0.15) is 11.6 Å². The molecule has 0 radical (unpaired) electrons. The van der Waals surface area contributed by atoms with Crippen molar-refractivity contribution in [2.24, 2.45) is 5.92 Å². The largest absolute Gasteiger partial charge is 0.414 e. The summed E-state index contributed by atoms with van der Waals surface area (Å²) in [4.78, 5) is 27.7. The van der Waals surface area contributed by atoms with Crippen LogP contribution in [0.3, 0.4) is 0 Å². The van der Waals surface area contributed by atoms with Crippen LogP contribution in [-0.2, 0) is 4.79 Å². The number of hydrogen-bond donors (Lipinski definition) is 2. The van der Waals surface area contributed by atoms with E-state index in [-0.39, 0.29) is 5.91 Å². The average Bonchev–Trinajstić information content (AvgIpc) is 3.14. The quantitative estimate of drug-likeness (QED) is 0.681. The van der Waals surface area contributed by atoms with Gasteiger partial charge in [0.2, 0.25) is 5.91 Å². The van der Waals surface area contributed by atoms with Gasteiger partial charge in [-0.25, -0.2) is 4.79 Å². The van der Waals surface area contributed by atoms with Gasteiger partial charge in [-0.1, -0.05) is 55.0 Å². The third kappa shape index (κ3) is 6.34. The van der Waals surface area contributed by atoms with Crippen molar-refractivity contribution >= 4 is 34.9 Å². The Balaban J connectivity index is 1.66. The van der Waals surface area contributed by atoms with Gasteiger partial charge in [0.25, 0.3) is 0 Å². The molecule has 30 heavy (non-hydrogen) atoms. The number of amides is 2. The second-order valence-corrected chi connectivity index (χ2v) is 10.0. The fourth-order valence-corrected chi connectivity index (χ4v) is 5.06. The van der Waals surface area contributed by atoms with Crippen LogP contribution in [0.4, 0.5) is 4.79 Å². The molecular weight excluding hydrogens is 424 g/mol. The number of halogens is 1. The van der Waals surface area contributed by atoms with Crippen LogP contribution >= 0.6 is 22.9 Å². The topological polar surface area (TPSA) is 94.5 Å². The van der Waals surface area contributed by atoms with Gasteiger partial charge in [0, 0.05) is 13.1 Å². The molecule has 2 amide bonds. The highest BCUT2D eigenvalue weighted by Crippen LogP contribution is 2.30. The first-order valence-corrected chi connectivity index (χ1v) is 11.7. The summed E-state index contributed by atoms with van der Waals surface area (Å²) in [7, 11) is 2.00. The number of ether oxygens (including phenoxy) is 1. The second kappa shape index (κ2) is 10.5. The van der Waals surface area contributed by atoms with E-state index in [1.165, 1.54) is 6.42 Å². The minimum Gasteiger partial charge on any atom is -0.399 e. The monoisotopic (exact) mass is 452 g/mol. The van der Waals surface area contributed by atoms with E-state index in [2.05, 4.69) is 21.6 Å². The molecule has 1 aromatic heterocycles. The lowest BCUT2D eigenvalue weighted by molar-refractivity contribution is -0.125. The van der Waals surface area contributed by atoms with Gasteiger partial charge in [-0.05, 0) is 44.4 Å². The maximum absolute atomic E-state index is 13.2. The summed E-state index contributed by atoms with van der Waals surface area (Å²) in [6, 6.07) is 4.84. The maximum Gasteiger partial charge on any atom is 0.414 e. The fourth-order valence-electron chi connectivity index (χ4n) is 4.19. The Morgan fingerprint density at radius 3 is 2.63 bits per heavy atom. The summed E-state index contributed by atoms with van der Waals surface area (Å²) in [5.74, 6) is 0.0642. The summed E-state index contributed by atoms with van der Waals surface area (Å²) in [6.07, 6.45) is 6.61. The number of thiophene rings is 1. The van der Waals surface area contributed by atoms with Crippen LogP contribution in [0, 0.1) is 17.2 Å². The van der Waals surface area contributed by atoms with Gasteiger partial charge < -0.3 is 20.3 Å². The molecule has 2 N–H and O–H groups in total. The summed E-state index contributed by atoms with van der Waals surface area (Å²) in [5.41, 5.74) is -0.888. The zero-order valence-corrected chi connectivity index (χ0v) is 18.9. The van der Waals surface area contributed by atoms with Crippen LogP contribution in [0.15, 0.2) is 12.1 Å². The fraction of sp³-hybridized carbons (Fsp3) is 0.667. The van der Waals surface area contributed by atoms with Crippen molar-refractivity contribution in [2.75, 3.05) is 20.1 Å². The third-order valence-corrected chi connectivity index (χ3v) is 7.17. The number of rotatable bonds is 6. The van der Waals surface area contributed by atoms with E-state index < -0.39 is 17.7 Å². The number of piperidine rings is 1. The Morgan fingerprint density at radius 2 is 2.03 bits per heavy atom. The molecule has 1 saturated carbocycles. The molecule has 1 aromatic rings. The van der Waals surface area contributed by atoms with Gasteiger partial charge in [-0.2, -0.15) is 5.26 Å². The molecule has 0 aromatic carbocycles. The molecule has 7 nitrogen and oxygen atoms in total. The molecule has 1 aliphatic carbocycles. The van der Waals surface area contributed by atoms with Crippen molar-refractivity contribution in [3.8, 4) is 11.1 Å². The van der Waals surface area contributed by atoms with E-state index in [1.807, 2.05) is 7.05 Å². The number of nitrogens with zero attached hydrogens (tertiary/aromatic N) is 2. The Kier molecular flexibility index (Phi) is 7.98. The first-order chi connectivity index (χ1) is 14.4. The third-order valence-electron chi connectivity index (χ3n) is 6.06. The molecule has 0 spiro atoms. The van der Waals surface area contributed by atoms with Crippen LogP contribution in [0.5, 0.6) is 5.06 Å². The first kappa shape index (κ1) is 22.9. The Morgan fingerprint density at radius 1 is 1.33 bits per heavy atom. The van der Waals surface area contributed by atoms with Crippen molar-refractivity contribution in [3.05, 3.63) is 16.5 Å². The minimum atomic E-state index is -0.888. The van der Waals surface area contributed by atoms with E-state index in [1.54, 1.807) is 12.1 Å². The summed E-state index contributed by atoms with van der Waals surface area (Å²) in [6.45, 7) is 1.49. The second-order valence-electron chi connectivity index (χ2n) is 8.37. The van der Waals surface area contributed by atoms with E-state index in [9.17, 15) is 14.9 Å². The number of carbonyl (C=O) groups is 2. The highest BCUT2D eigenvalue weighted by molar-refractivity contribution is 7.17. The summed E-state index contributed by atoms with van der Waals surface area (Å²) < 4.78 is 5.81. The molecule has 1 unspecified atom stereocenters. The van der Waals surface area contributed by atoms with E-state index >= 15 is 0 Å². The molecule has 2 fully saturated rings. The van der Waals surface area contributed by atoms with Crippen LogP contribution < -0.4 is 15.4 Å². The van der Waals surface area contributed by atoms with Gasteiger partial charge in [0.05, 0.1) is 10.4 Å². The zero-order chi connectivity index (χ0) is 21.6. The lowest BCUT2D eigenvalue weighted by Gasteiger charge is -2.37. The zero-order valence-electron chi connectivity index (χ0n) is 17.3. The van der Waals surface area contributed by atoms with E-state index in [0.717, 1.165) is 50.1 Å². The molecule has 3 rings (SSSR count). The van der Waals surface area contributed by atoms with Crippen LogP contribution in [0.1, 0.15) is 51.4 Å². The molecule has 164 valence electrons. The van der Waals surface area contributed by atoms with Gasteiger partial charge in [0.15, 0.2) is 5.06 Å². The van der Waals surface area contributed by atoms with Gasteiger partial charge >= 0.3 is 6.09 Å². The maximum atomic E-state index is 13.2. The van der Waals surface area contributed by atoms with Gasteiger partial charge in [-0.15, -0.1) is 0 Å². The Labute approximate surface area is 186 Å². The van der Waals surface area contributed by atoms with E-state index in [0.29, 0.717) is 34.6 Å². The van der Waals surface area contributed by atoms with Crippen molar-refractivity contribution < 1.29 is 14.3 Å². The standard InChI is InChI=1S/C21H29ClN4O3S/c1-26-11-9-21(14-23,10-12-26)25-19(27)16(13-15-5-3-2-4-6-15)24-20(28)29-18-8-7-17(22)30-18/h7-8,15-16H,2-6,9-13H2,1H3,(H,24,28)(H,25,27). The lowest BCUT2D eigenvalue weighted by atomic mass is 9.84. The predicted octanol–water partition coefficient (Wildman–Crippen LogP) is 3.93. The Bertz CT molecular complexity index is 779. The molecule has 1 atom stereocenters. The number of likely N-dealkylation sites (tertiary alicyclic amines) is 1. The lowest BCUT2D eigenvalue weighted by Crippen LogP contribution is -2.59. The number of nitriles is 1. The summed E-state index contributed by atoms with van der Waals surface area (Å²) in [5, 5.41) is 15.8. The Hall–Kier alpha value is -1.82. The van der Waals surface area contributed by atoms with Crippen LogP contribution in [-0.4, -0.2) is 48.6 Å². The highest BCUT2D eigenvalue weighted by atomic mass is 35.5. The van der Waals surface area contributed by atoms with Gasteiger partial charge in [-0.3, -0.25) is 4.79 Å². The molecule has 2 heterocycles. The first-order valence-electron chi connectivity index (χ1n) is 10.5. The van der Waals surface area contributed by atoms with Crippen molar-refractivity contribution in [2.45, 2.75) is 62.9 Å². The van der Waals surface area contributed by atoms with Crippen LogP contribution in [0.25, 0.3) is 0 Å². The average molecular weight is 453 g/mol. The number of hydrogen-bond acceptors (Lipinski definition) is 6. The van der Waals surface area contributed by atoms with Crippen molar-refractivity contribution in [1.29, 1.82) is 5.26 Å². The molecule has 1 saturated heterocycles. The number of nitrogens with one attached hydrogen (secondary N) is 2.